The van der Waals surface area contributed by atoms with E-state index in [9.17, 15) is 9.18 Å². The molecule has 0 bridgehead atoms. The first kappa shape index (κ1) is 14.1. The van der Waals surface area contributed by atoms with Gasteiger partial charge in [0, 0.05) is 17.5 Å². The van der Waals surface area contributed by atoms with Crippen molar-refractivity contribution >= 4 is 17.4 Å². The lowest BCUT2D eigenvalue weighted by Gasteiger charge is -2.10. The Hall–Kier alpha value is -0.930. The van der Waals surface area contributed by atoms with E-state index in [1.807, 2.05) is 13.8 Å². The fourth-order valence-corrected chi connectivity index (χ4v) is 1.53. The molecule has 0 aliphatic heterocycles. The third kappa shape index (κ3) is 4.84. The van der Waals surface area contributed by atoms with Crippen molar-refractivity contribution in [2.24, 2.45) is 0 Å². The van der Waals surface area contributed by atoms with Crippen LogP contribution in [0.3, 0.4) is 0 Å². The van der Waals surface area contributed by atoms with Gasteiger partial charge in [0.05, 0.1) is 6.54 Å². The van der Waals surface area contributed by atoms with Crippen LogP contribution in [0.25, 0.3) is 0 Å². The maximum absolute atomic E-state index is 13.4. The predicted molar refractivity (Wildman–Crippen MR) is 67.9 cm³/mol. The molecular weight excluding hydrogens is 241 g/mol. The van der Waals surface area contributed by atoms with Gasteiger partial charge in [-0.05, 0) is 31.0 Å². The summed E-state index contributed by atoms with van der Waals surface area (Å²) in [4.78, 5) is 11.6. The van der Waals surface area contributed by atoms with E-state index < -0.39 is 5.82 Å². The number of hydrogen-bond acceptors (Lipinski definition) is 2. The van der Waals surface area contributed by atoms with Crippen LogP contribution in [-0.2, 0) is 11.2 Å². The molecule has 0 saturated heterocycles. The van der Waals surface area contributed by atoms with Crippen LogP contribution < -0.4 is 5.32 Å². The highest BCUT2D eigenvalue weighted by Gasteiger charge is 2.09. The Morgan fingerprint density at radius 2 is 2.24 bits per heavy atom. The summed E-state index contributed by atoms with van der Waals surface area (Å²) in [6, 6.07) is 4.68. The van der Waals surface area contributed by atoms with E-state index in [1.165, 1.54) is 6.07 Å². The zero-order valence-electron chi connectivity index (χ0n) is 10.1. The maximum Gasteiger partial charge on any atom is 0.151 e. The van der Waals surface area contributed by atoms with Crippen molar-refractivity contribution in [1.82, 2.24) is 5.32 Å². The van der Waals surface area contributed by atoms with Crippen molar-refractivity contribution in [2.45, 2.75) is 32.7 Å². The lowest BCUT2D eigenvalue weighted by Crippen LogP contribution is -2.31. The molecule has 94 valence electrons. The molecular formula is C13H17ClFNO. The number of Topliss-reactive ketones (excluding diaryl/α,β-unsaturated/α-hetero) is 1. The third-order valence-corrected chi connectivity index (χ3v) is 2.90. The standard InChI is InChI=1S/C13H17ClFNO/c1-3-9(2)16-8-12(17)6-10-4-5-11(14)7-13(10)15/h4-5,7,9,16H,3,6,8H2,1-2H3. The van der Waals surface area contributed by atoms with Crippen molar-refractivity contribution in [3.63, 3.8) is 0 Å². The summed E-state index contributed by atoms with van der Waals surface area (Å²) < 4.78 is 13.4. The minimum Gasteiger partial charge on any atom is -0.307 e. The molecule has 1 aromatic rings. The fourth-order valence-electron chi connectivity index (χ4n) is 1.37. The first-order chi connectivity index (χ1) is 8.02. The minimum atomic E-state index is -0.422. The zero-order valence-corrected chi connectivity index (χ0v) is 10.9. The van der Waals surface area contributed by atoms with Crippen LogP contribution >= 0.6 is 11.6 Å². The lowest BCUT2D eigenvalue weighted by atomic mass is 10.1. The van der Waals surface area contributed by atoms with Crippen molar-refractivity contribution in [2.75, 3.05) is 6.54 Å². The number of carbonyl (C=O) groups excluding carboxylic acids is 1. The summed E-state index contributed by atoms with van der Waals surface area (Å²) in [7, 11) is 0. The number of nitrogens with one attached hydrogen (secondary N) is 1. The molecule has 1 unspecified atom stereocenters. The summed E-state index contributed by atoms with van der Waals surface area (Å²) in [6.07, 6.45) is 1.06. The predicted octanol–water partition coefficient (Wildman–Crippen LogP) is 2.98. The van der Waals surface area contributed by atoms with E-state index in [0.29, 0.717) is 16.6 Å². The van der Waals surface area contributed by atoms with Gasteiger partial charge in [-0.15, -0.1) is 0 Å². The monoisotopic (exact) mass is 257 g/mol. The molecule has 2 nitrogen and oxygen atoms in total. The van der Waals surface area contributed by atoms with Gasteiger partial charge in [-0.25, -0.2) is 4.39 Å². The van der Waals surface area contributed by atoms with E-state index >= 15 is 0 Å². The van der Waals surface area contributed by atoms with Gasteiger partial charge in [0.1, 0.15) is 5.82 Å². The lowest BCUT2D eigenvalue weighted by molar-refractivity contribution is -0.117. The first-order valence-corrected chi connectivity index (χ1v) is 6.09. The number of rotatable bonds is 6. The Balaban J connectivity index is 2.50. The molecule has 1 aromatic carbocycles. The van der Waals surface area contributed by atoms with E-state index in [-0.39, 0.29) is 18.7 Å². The molecule has 17 heavy (non-hydrogen) atoms. The van der Waals surface area contributed by atoms with E-state index in [0.717, 1.165) is 6.42 Å². The van der Waals surface area contributed by atoms with Crippen molar-refractivity contribution < 1.29 is 9.18 Å². The van der Waals surface area contributed by atoms with Crippen molar-refractivity contribution in [3.8, 4) is 0 Å². The van der Waals surface area contributed by atoms with Crippen LogP contribution in [0.2, 0.25) is 5.02 Å². The maximum atomic E-state index is 13.4. The molecule has 0 saturated carbocycles. The van der Waals surface area contributed by atoms with Gasteiger partial charge in [0.2, 0.25) is 0 Å². The molecule has 0 heterocycles. The molecule has 1 rings (SSSR count). The minimum absolute atomic E-state index is 0.0217. The Kier molecular flexibility index (Phi) is 5.59. The molecule has 0 aliphatic carbocycles. The Morgan fingerprint density at radius 3 is 2.82 bits per heavy atom. The molecule has 4 heteroatoms. The third-order valence-electron chi connectivity index (χ3n) is 2.66. The molecule has 0 spiro atoms. The van der Waals surface area contributed by atoms with Crippen LogP contribution in [0.4, 0.5) is 4.39 Å². The SMILES string of the molecule is CCC(C)NCC(=O)Cc1ccc(Cl)cc1F. The van der Waals surface area contributed by atoms with E-state index in [2.05, 4.69) is 5.32 Å². The first-order valence-electron chi connectivity index (χ1n) is 5.72. The number of benzene rings is 1. The van der Waals surface area contributed by atoms with Crippen LogP contribution in [0, 0.1) is 5.82 Å². The fraction of sp³-hybridized carbons (Fsp3) is 0.462. The number of halogens is 2. The van der Waals surface area contributed by atoms with Crippen LogP contribution in [0.5, 0.6) is 0 Å². The highest BCUT2D eigenvalue weighted by atomic mass is 35.5. The van der Waals surface area contributed by atoms with Gasteiger partial charge < -0.3 is 5.32 Å². The molecule has 0 aliphatic rings. The molecule has 1 N–H and O–H groups in total. The Morgan fingerprint density at radius 1 is 1.53 bits per heavy atom. The average molecular weight is 258 g/mol. The average Bonchev–Trinajstić information content (AvgIpc) is 2.29. The quantitative estimate of drug-likeness (QED) is 0.849. The number of hydrogen-bond donors (Lipinski definition) is 1. The summed E-state index contributed by atoms with van der Waals surface area (Å²) >= 11 is 5.64. The van der Waals surface area contributed by atoms with E-state index in [1.54, 1.807) is 12.1 Å². The summed E-state index contributed by atoms with van der Waals surface area (Å²) in [5, 5.41) is 3.43. The molecule has 0 fully saturated rings. The van der Waals surface area contributed by atoms with Crippen LogP contribution in [-0.4, -0.2) is 18.4 Å². The second-order valence-electron chi connectivity index (χ2n) is 4.14. The van der Waals surface area contributed by atoms with Crippen LogP contribution in [0.1, 0.15) is 25.8 Å². The van der Waals surface area contributed by atoms with Gasteiger partial charge in [-0.2, -0.15) is 0 Å². The van der Waals surface area contributed by atoms with Gasteiger partial charge in [0.25, 0.3) is 0 Å². The normalized spacial score (nSPS) is 12.5. The molecule has 0 radical (unpaired) electrons. The van der Waals surface area contributed by atoms with Crippen molar-refractivity contribution in [3.05, 3.63) is 34.6 Å². The molecule has 0 aromatic heterocycles. The second kappa shape index (κ2) is 6.72. The van der Waals surface area contributed by atoms with Gasteiger partial charge in [-0.1, -0.05) is 24.6 Å². The van der Waals surface area contributed by atoms with Gasteiger partial charge in [0.15, 0.2) is 5.78 Å². The molecule has 1 atom stereocenters. The smallest absolute Gasteiger partial charge is 0.151 e. The Labute approximate surface area is 106 Å². The highest BCUT2D eigenvalue weighted by Crippen LogP contribution is 2.15. The van der Waals surface area contributed by atoms with Gasteiger partial charge >= 0.3 is 0 Å². The van der Waals surface area contributed by atoms with Crippen molar-refractivity contribution in [1.29, 1.82) is 0 Å². The van der Waals surface area contributed by atoms with E-state index in [4.69, 9.17) is 11.6 Å². The second-order valence-corrected chi connectivity index (χ2v) is 4.58. The van der Waals surface area contributed by atoms with Crippen LogP contribution in [0.15, 0.2) is 18.2 Å². The summed E-state index contributed by atoms with van der Waals surface area (Å²) in [5.74, 6) is -0.444. The zero-order chi connectivity index (χ0) is 12.8. The number of carbonyl (C=O) groups is 1. The van der Waals surface area contributed by atoms with Gasteiger partial charge in [-0.3, -0.25) is 4.79 Å². The largest absolute Gasteiger partial charge is 0.307 e. The summed E-state index contributed by atoms with van der Waals surface area (Å²) in [6.45, 7) is 4.33. The summed E-state index contributed by atoms with van der Waals surface area (Å²) in [5.41, 5.74) is 0.394. The topological polar surface area (TPSA) is 29.1 Å². The Bertz CT molecular complexity index is 395. The number of ketones is 1. The molecule has 0 amide bonds. The highest BCUT2D eigenvalue weighted by molar-refractivity contribution is 6.30.